The van der Waals surface area contributed by atoms with Crippen LogP contribution in [0.4, 0.5) is 5.69 Å². The van der Waals surface area contributed by atoms with Gasteiger partial charge in [-0.25, -0.2) is 0 Å². The van der Waals surface area contributed by atoms with Crippen molar-refractivity contribution in [2.75, 3.05) is 24.7 Å². The molecule has 0 bridgehead atoms. The predicted molar refractivity (Wildman–Crippen MR) is 99.5 cm³/mol. The van der Waals surface area contributed by atoms with Gasteiger partial charge in [-0.3, -0.25) is 14.9 Å². The number of rotatable bonds is 2. The third-order valence-electron chi connectivity index (χ3n) is 6.69. The molecular weight excluding hydrogens is 344 g/mol. The van der Waals surface area contributed by atoms with Gasteiger partial charge in [0, 0.05) is 31.5 Å². The van der Waals surface area contributed by atoms with Crippen LogP contribution in [0.3, 0.4) is 0 Å². The van der Waals surface area contributed by atoms with Crippen LogP contribution in [0.2, 0.25) is 0 Å². The van der Waals surface area contributed by atoms with Crippen LogP contribution in [0.15, 0.2) is 18.2 Å². The van der Waals surface area contributed by atoms with Crippen LogP contribution < -0.4 is 10.2 Å². The zero-order chi connectivity index (χ0) is 18.4. The Balaban J connectivity index is 1.36. The van der Waals surface area contributed by atoms with Crippen LogP contribution in [0.1, 0.15) is 55.6 Å². The summed E-state index contributed by atoms with van der Waals surface area (Å²) in [5.41, 5.74) is 3.99. The predicted octanol–water partition coefficient (Wildman–Crippen LogP) is 2.25. The Morgan fingerprint density at radius 2 is 1.81 bits per heavy atom. The minimum atomic E-state index is -0.326. The number of imide groups is 1. The van der Waals surface area contributed by atoms with Gasteiger partial charge in [0.15, 0.2) is 5.79 Å². The Kier molecular flexibility index (Phi) is 4.20. The number of carbonyl (C=O) groups is 2. The Hall–Kier alpha value is -1.92. The molecule has 2 amide bonds. The van der Waals surface area contributed by atoms with Crippen LogP contribution in [-0.4, -0.2) is 43.4 Å². The normalized spacial score (nSPS) is 27.9. The van der Waals surface area contributed by atoms with Crippen molar-refractivity contribution in [1.29, 1.82) is 0 Å². The second-order valence-electron chi connectivity index (χ2n) is 8.14. The van der Waals surface area contributed by atoms with E-state index in [2.05, 4.69) is 28.4 Å². The van der Waals surface area contributed by atoms with Crippen molar-refractivity contribution >= 4 is 17.5 Å². The first-order chi connectivity index (χ1) is 13.2. The minimum absolute atomic E-state index is 0.153. The number of hydrogen-bond acceptors (Lipinski definition) is 5. The number of benzene rings is 1. The largest absolute Gasteiger partial charge is 0.359 e. The molecule has 2 saturated heterocycles. The van der Waals surface area contributed by atoms with Gasteiger partial charge in [-0.05, 0) is 48.8 Å². The molecule has 1 aromatic rings. The summed E-state index contributed by atoms with van der Waals surface area (Å²) in [6.45, 7) is 2.28. The van der Waals surface area contributed by atoms with Gasteiger partial charge >= 0.3 is 0 Å². The maximum absolute atomic E-state index is 12.3. The smallest absolute Gasteiger partial charge is 0.249 e. The molecule has 0 radical (unpaired) electrons. The molecule has 1 N–H and O–H groups in total. The topological polar surface area (TPSA) is 67.9 Å². The summed E-state index contributed by atoms with van der Waals surface area (Å²) < 4.78 is 11.7. The van der Waals surface area contributed by atoms with Gasteiger partial charge in [-0.1, -0.05) is 12.1 Å². The second kappa shape index (κ2) is 6.60. The molecule has 1 unspecified atom stereocenters. The summed E-state index contributed by atoms with van der Waals surface area (Å²) in [6, 6.07) is 6.27. The van der Waals surface area contributed by atoms with Gasteiger partial charge < -0.3 is 14.4 Å². The van der Waals surface area contributed by atoms with E-state index in [9.17, 15) is 9.59 Å². The number of anilines is 1. The van der Waals surface area contributed by atoms with E-state index < -0.39 is 0 Å². The van der Waals surface area contributed by atoms with Gasteiger partial charge in [-0.2, -0.15) is 0 Å². The molecular formula is C21H26N2O4. The number of piperidine rings is 1. The third kappa shape index (κ3) is 2.95. The van der Waals surface area contributed by atoms with Crippen LogP contribution in [0.5, 0.6) is 0 Å². The minimum Gasteiger partial charge on any atom is -0.359 e. The lowest BCUT2D eigenvalue weighted by Crippen LogP contribution is -2.52. The molecule has 144 valence electrons. The summed E-state index contributed by atoms with van der Waals surface area (Å²) in [5, 5.41) is 2.50. The van der Waals surface area contributed by atoms with Crippen molar-refractivity contribution in [1.82, 2.24) is 5.32 Å². The lowest BCUT2D eigenvalue weighted by atomic mass is 9.79. The molecule has 6 nitrogen and oxygen atoms in total. The molecule has 1 aromatic carbocycles. The van der Waals surface area contributed by atoms with Crippen LogP contribution in [-0.2, 0) is 25.5 Å². The van der Waals surface area contributed by atoms with Crippen LogP contribution >= 0.6 is 0 Å². The SMILES string of the molecule is O=C1CCC(N2CCc3c(C4CCC5(CC4)OCCO5)cccc32)C(=O)N1. The first-order valence-electron chi connectivity index (χ1n) is 10.2. The van der Waals surface area contributed by atoms with Crippen molar-refractivity contribution in [2.45, 2.75) is 62.7 Å². The molecule has 3 heterocycles. The van der Waals surface area contributed by atoms with Crippen molar-refractivity contribution in [2.24, 2.45) is 0 Å². The highest BCUT2D eigenvalue weighted by Crippen LogP contribution is 2.45. The zero-order valence-electron chi connectivity index (χ0n) is 15.5. The van der Waals surface area contributed by atoms with E-state index in [4.69, 9.17) is 9.47 Å². The molecule has 0 aromatic heterocycles. The molecule has 5 rings (SSSR count). The Labute approximate surface area is 159 Å². The Bertz CT molecular complexity index is 761. The standard InChI is InChI=1S/C21H26N2O4/c24-19-5-4-18(20(25)22-19)23-11-8-16-15(2-1-3-17(16)23)14-6-9-21(10-7-14)26-12-13-27-21/h1-3,14,18H,4-13H2,(H,22,24,25). The van der Waals surface area contributed by atoms with E-state index in [1.807, 2.05) is 0 Å². The van der Waals surface area contributed by atoms with E-state index in [0.717, 1.165) is 38.6 Å². The average molecular weight is 370 g/mol. The maximum Gasteiger partial charge on any atom is 0.249 e. The number of hydrogen-bond donors (Lipinski definition) is 1. The van der Waals surface area contributed by atoms with E-state index in [1.165, 1.54) is 16.8 Å². The number of ether oxygens (including phenoxy) is 2. The maximum atomic E-state index is 12.3. The molecule has 1 atom stereocenters. The van der Waals surface area contributed by atoms with E-state index in [-0.39, 0.29) is 23.6 Å². The first kappa shape index (κ1) is 17.2. The van der Waals surface area contributed by atoms with Crippen molar-refractivity contribution in [3.05, 3.63) is 29.3 Å². The van der Waals surface area contributed by atoms with E-state index in [1.54, 1.807) is 0 Å². The van der Waals surface area contributed by atoms with Crippen LogP contribution in [0, 0.1) is 0 Å². The summed E-state index contributed by atoms with van der Waals surface area (Å²) in [7, 11) is 0. The fraction of sp³-hybridized carbons (Fsp3) is 0.619. The quantitative estimate of drug-likeness (QED) is 0.809. The summed E-state index contributed by atoms with van der Waals surface area (Å²) in [6.07, 6.45) is 6.07. The zero-order valence-corrected chi connectivity index (χ0v) is 15.5. The number of amides is 2. The Morgan fingerprint density at radius 3 is 2.56 bits per heavy atom. The highest BCUT2D eigenvalue weighted by Gasteiger charge is 2.42. The van der Waals surface area contributed by atoms with E-state index in [0.29, 0.717) is 32.0 Å². The molecule has 1 aliphatic carbocycles. The molecule has 1 spiro atoms. The second-order valence-corrected chi connectivity index (χ2v) is 8.14. The van der Waals surface area contributed by atoms with Gasteiger partial charge in [0.25, 0.3) is 0 Å². The molecule has 3 aliphatic heterocycles. The summed E-state index contributed by atoms with van der Waals surface area (Å²) >= 11 is 0. The molecule has 1 saturated carbocycles. The fourth-order valence-electron chi connectivity index (χ4n) is 5.33. The molecule has 6 heteroatoms. The Morgan fingerprint density at radius 1 is 1.04 bits per heavy atom. The lowest BCUT2D eigenvalue weighted by molar-refractivity contribution is -0.178. The van der Waals surface area contributed by atoms with Gasteiger partial charge in [0.2, 0.25) is 11.8 Å². The monoisotopic (exact) mass is 370 g/mol. The fourth-order valence-corrected chi connectivity index (χ4v) is 5.33. The van der Waals surface area contributed by atoms with Crippen molar-refractivity contribution < 1.29 is 19.1 Å². The summed E-state index contributed by atoms with van der Waals surface area (Å²) in [4.78, 5) is 26.0. The molecule has 4 aliphatic rings. The highest BCUT2D eigenvalue weighted by atomic mass is 16.7. The number of fused-ring (bicyclic) bond motifs is 1. The van der Waals surface area contributed by atoms with E-state index >= 15 is 0 Å². The third-order valence-corrected chi connectivity index (χ3v) is 6.69. The number of nitrogens with one attached hydrogen (secondary N) is 1. The highest BCUT2D eigenvalue weighted by molar-refractivity contribution is 6.02. The first-order valence-corrected chi connectivity index (χ1v) is 10.2. The summed E-state index contributed by atoms with van der Waals surface area (Å²) in [5.74, 6) is -0.107. The van der Waals surface area contributed by atoms with Gasteiger partial charge in [-0.15, -0.1) is 0 Å². The van der Waals surface area contributed by atoms with Crippen molar-refractivity contribution in [3.8, 4) is 0 Å². The molecule has 27 heavy (non-hydrogen) atoms. The lowest BCUT2D eigenvalue weighted by Gasteiger charge is -2.36. The van der Waals surface area contributed by atoms with Crippen LogP contribution in [0.25, 0.3) is 0 Å². The van der Waals surface area contributed by atoms with Gasteiger partial charge in [0.1, 0.15) is 6.04 Å². The molecule has 3 fully saturated rings. The number of nitrogens with zero attached hydrogens (tertiary/aromatic N) is 1. The average Bonchev–Trinajstić information content (AvgIpc) is 3.30. The van der Waals surface area contributed by atoms with Gasteiger partial charge in [0.05, 0.1) is 13.2 Å². The van der Waals surface area contributed by atoms with Crippen molar-refractivity contribution in [3.63, 3.8) is 0 Å². The number of carbonyl (C=O) groups excluding carboxylic acids is 2.